The first-order chi connectivity index (χ1) is 7.70. The minimum atomic E-state index is 0.0649. The van der Waals surface area contributed by atoms with Crippen LogP contribution >= 0.6 is 12.2 Å². The first-order valence-corrected chi connectivity index (χ1v) is 6.49. The van der Waals surface area contributed by atoms with Crippen LogP contribution in [0.25, 0.3) is 0 Å². The highest BCUT2D eigenvalue weighted by Crippen LogP contribution is 2.29. The summed E-state index contributed by atoms with van der Waals surface area (Å²) < 4.78 is 2.79. The fourth-order valence-corrected chi connectivity index (χ4v) is 3.00. The molecule has 0 amide bonds. The zero-order valence-corrected chi connectivity index (χ0v) is 10.6. The Labute approximate surface area is 102 Å². The first-order valence-electron chi connectivity index (χ1n) is 6.08. The zero-order valence-electron chi connectivity index (χ0n) is 9.78. The Morgan fingerprint density at radius 1 is 1.56 bits per heavy atom. The van der Waals surface area contributed by atoms with Gasteiger partial charge in [-0.3, -0.25) is 0 Å². The molecule has 1 aromatic heterocycles. The molecule has 1 aliphatic carbocycles. The van der Waals surface area contributed by atoms with Gasteiger partial charge in [-0.1, -0.05) is 19.8 Å². The largest absolute Gasteiger partial charge is 0.390 e. The third-order valence-corrected chi connectivity index (χ3v) is 3.94. The highest BCUT2D eigenvalue weighted by atomic mass is 32.1. The van der Waals surface area contributed by atoms with Crippen LogP contribution < -0.4 is 0 Å². The minimum absolute atomic E-state index is 0.0649. The lowest BCUT2D eigenvalue weighted by atomic mass is 9.82. The van der Waals surface area contributed by atoms with Gasteiger partial charge < -0.3 is 14.7 Å². The summed E-state index contributed by atoms with van der Waals surface area (Å²) >= 11 is 5.23. The van der Waals surface area contributed by atoms with Gasteiger partial charge in [-0.2, -0.15) is 0 Å². The summed E-state index contributed by atoms with van der Waals surface area (Å²) in [6.07, 6.45) is 7.09. The van der Waals surface area contributed by atoms with E-state index in [-0.39, 0.29) is 6.61 Å². The summed E-state index contributed by atoms with van der Waals surface area (Å²) in [5.41, 5.74) is 0.906. The van der Waals surface area contributed by atoms with Crippen molar-refractivity contribution in [2.24, 2.45) is 11.8 Å². The van der Waals surface area contributed by atoms with Gasteiger partial charge in [-0.25, -0.2) is 0 Å². The summed E-state index contributed by atoms with van der Waals surface area (Å²) in [4.78, 5) is 3.01. The number of hydrogen-bond donors (Lipinski definition) is 2. The Morgan fingerprint density at radius 3 is 3.06 bits per heavy atom. The van der Waals surface area contributed by atoms with E-state index in [9.17, 15) is 5.11 Å². The summed E-state index contributed by atoms with van der Waals surface area (Å²) in [7, 11) is 0. The van der Waals surface area contributed by atoms with E-state index in [0.29, 0.717) is 0 Å². The van der Waals surface area contributed by atoms with Crippen molar-refractivity contribution in [3.63, 3.8) is 0 Å². The highest BCUT2D eigenvalue weighted by molar-refractivity contribution is 7.71. The SMILES string of the molecule is CC1CCCC(Cn2c(CO)c[nH]c2=S)C1. The quantitative estimate of drug-likeness (QED) is 0.798. The smallest absolute Gasteiger partial charge is 0.177 e. The second-order valence-corrected chi connectivity index (χ2v) is 5.38. The summed E-state index contributed by atoms with van der Waals surface area (Å²) in [5, 5.41) is 9.23. The molecule has 1 aliphatic rings. The molecule has 2 rings (SSSR count). The van der Waals surface area contributed by atoms with E-state index in [1.807, 2.05) is 6.20 Å². The summed E-state index contributed by atoms with van der Waals surface area (Å²) in [5.74, 6) is 1.56. The van der Waals surface area contributed by atoms with Crippen molar-refractivity contribution in [1.29, 1.82) is 0 Å². The van der Waals surface area contributed by atoms with Crippen molar-refractivity contribution >= 4 is 12.2 Å². The van der Waals surface area contributed by atoms with Gasteiger partial charge >= 0.3 is 0 Å². The molecular weight excluding hydrogens is 220 g/mol. The lowest BCUT2D eigenvalue weighted by Crippen LogP contribution is -2.19. The van der Waals surface area contributed by atoms with Gasteiger partial charge in [0.1, 0.15) is 0 Å². The van der Waals surface area contributed by atoms with E-state index in [2.05, 4.69) is 16.5 Å². The topological polar surface area (TPSA) is 41.0 Å². The summed E-state index contributed by atoms with van der Waals surface area (Å²) in [6, 6.07) is 0. The number of aromatic amines is 1. The monoisotopic (exact) mass is 240 g/mol. The van der Waals surface area contributed by atoms with Crippen molar-refractivity contribution in [2.75, 3.05) is 0 Å². The van der Waals surface area contributed by atoms with Crippen molar-refractivity contribution < 1.29 is 5.11 Å². The highest BCUT2D eigenvalue weighted by Gasteiger charge is 2.20. The number of hydrogen-bond acceptors (Lipinski definition) is 2. The van der Waals surface area contributed by atoms with E-state index in [0.717, 1.165) is 28.8 Å². The average Bonchev–Trinajstić information content (AvgIpc) is 2.60. The number of imidazole rings is 1. The Kier molecular flexibility index (Phi) is 3.82. The number of nitrogens with zero attached hydrogens (tertiary/aromatic N) is 1. The van der Waals surface area contributed by atoms with Gasteiger partial charge in [0.15, 0.2) is 4.77 Å². The molecule has 0 spiro atoms. The van der Waals surface area contributed by atoms with Crippen LogP contribution in [0.4, 0.5) is 0 Å². The Hall–Kier alpha value is -0.610. The second kappa shape index (κ2) is 5.15. The van der Waals surface area contributed by atoms with E-state index in [1.54, 1.807) is 0 Å². The van der Waals surface area contributed by atoms with Crippen molar-refractivity contribution in [3.05, 3.63) is 16.7 Å². The third kappa shape index (κ3) is 2.55. The maximum atomic E-state index is 9.23. The molecule has 4 heteroatoms. The van der Waals surface area contributed by atoms with Gasteiger partial charge in [0, 0.05) is 12.7 Å². The Morgan fingerprint density at radius 2 is 2.38 bits per heavy atom. The number of aliphatic hydroxyl groups is 1. The van der Waals surface area contributed by atoms with Crippen LogP contribution in [0, 0.1) is 16.6 Å². The fraction of sp³-hybridized carbons (Fsp3) is 0.750. The van der Waals surface area contributed by atoms with Crippen LogP contribution in [0.3, 0.4) is 0 Å². The molecule has 90 valence electrons. The van der Waals surface area contributed by atoms with Crippen LogP contribution in [0.1, 0.15) is 38.3 Å². The average molecular weight is 240 g/mol. The molecule has 1 aromatic rings. The molecule has 1 heterocycles. The third-order valence-electron chi connectivity index (χ3n) is 3.60. The molecule has 2 N–H and O–H groups in total. The molecule has 0 radical (unpaired) electrons. The van der Waals surface area contributed by atoms with Crippen LogP contribution in [0.2, 0.25) is 0 Å². The molecule has 3 nitrogen and oxygen atoms in total. The number of aromatic nitrogens is 2. The normalized spacial score (nSPS) is 25.9. The lowest BCUT2D eigenvalue weighted by molar-refractivity contribution is 0.238. The Bertz CT molecular complexity index is 396. The zero-order chi connectivity index (χ0) is 11.5. The molecule has 2 atom stereocenters. The first kappa shape index (κ1) is 11.9. The number of aliphatic hydroxyl groups excluding tert-OH is 1. The second-order valence-electron chi connectivity index (χ2n) is 4.99. The predicted molar refractivity (Wildman–Crippen MR) is 66.7 cm³/mol. The standard InChI is InChI=1S/C12H20N2OS/c1-9-3-2-4-10(5-9)7-14-11(8-15)6-13-12(14)16/h6,9-10,15H,2-5,7-8H2,1H3,(H,13,16). The van der Waals surface area contributed by atoms with Gasteiger partial charge in [0.2, 0.25) is 0 Å². The molecule has 0 saturated heterocycles. The van der Waals surface area contributed by atoms with Gasteiger partial charge in [-0.05, 0) is 36.9 Å². The molecule has 16 heavy (non-hydrogen) atoms. The number of nitrogens with one attached hydrogen (secondary N) is 1. The van der Waals surface area contributed by atoms with E-state index >= 15 is 0 Å². The van der Waals surface area contributed by atoms with Crippen LogP contribution in [0.5, 0.6) is 0 Å². The molecule has 1 fully saturated rings. The number of H-pyrrole nitrogens is 1. The molecule has 0 bridgehead atoms. The molecule has 0 aliphatic heterocycles. The molecular formula is C12H20N2OS. The van der Waals surface area contributed by atoms with Crippen LogP contribution in [-0.4, -0.2) is 14.7 Å². The van der Waals surface area contributed by atoms with Crippen molar-refractivity contribution in [3.8, 4) is 0 Å². The minimum Gasteiger partial charge on any atom is -0.390 e. The van der Waals surface area contributed by atoms with Gasteiger partial charge in [-0.15, -0.1) is 0 Å². The Balaban J connectivity index is 2.07. The maximum Gasteiger partial charge on any atom is 0.177 e. The van der Waals surface area contributed by atoms with E-state index < -0.39 is 0 Å². The van der Waals surface area contributed by atoms with Gasteiger partial charge in [0.25, 0.3) is 0 Å². The van der Waals surface area contributed by atoms with E-state index in [4.69, 9.17) is 12.2 Å². The lowest BCUT2D eigenvalue weighted by Gasteiger charge is -2.27. The molecule has 1 saturated carbocycles. The molecule has 2 unspecified atom stereocenters. The van der Waals surface area contributed by atoms with Crippen LogP contribution in [-0.2, 0) is 13.2 Å². The maximum absolute atomic E-state index is 9.23. The van der Waals surface area contributed by atoms with E-state index in [1.165, 1.54) is 25.7 Å². The predicted octanol–water partition coefficient (Wildman–Crippen LogP) is 2.86. The fourth-order valence-electron chi connectivity index (χ4n) is 2.75. The molecule has 0 aromatic carbocycles. The van der Waals surface area contributed by atoms with Crippen LogP contribution in [0.15, 0.2) is 6.20 Å². The van der Waals surface area contributed by atoms with Crippen molar-refractivity contribution in [1.82, 2.24) is 9.55 Å². The van der Waals surface area contributed by atoms with Gasteiger partial charge in [0.05, 0.1) is 12.3 Å². The number of rotatable bonds is 3. The summed E-state index contributed by atoms with van der Waals surface area (Å²) in [6.45, 7) is 3.35. The van der Waals surface area contributed by atoms with Crippen molar-refractivity contribution in [2.45, 2.75) is 45.8 Å².